The van der Waals surface area contributed by atoms with Crippen LogP contribution in [0.3, 0.4) is 0 Å². The van der Waals surface area contributed by atoms with Gasteiger partial charge in [0, 0.05) is 10.8 Å². The largest absolute Gasteiger partial charge is 0.467 e. The summed E-state index contributed by atoms with van der Waals surface area (Å²) in [6.07, 6.45) is 0.640. The van der Waals surface area contributed by atoms with E-state index in [4.69, 9.17) is 4.98 Å². The maximum atomic E-state index is 11.4. The number of ether oxygens (including phenoxy) is 1. The fourth-order valence-corrected chi connectivity index (χ4v) is 3.72. The van der Waals surface area contributed by atoms with Crippen LogP contribution in [0.5, 0.6) is 0 Å². The van der Waals surface area contributed by atoms with E-state index in [1.54, 1.807) is 11.3 Å². The zero-order valence-corrected chi connectivity index (χ0v) is 14.7. The van der Waals surface area contributed by atoms with Gasteiger partial charge in [-0.25, -0.2) is 9.78 Å². The number of carbonyl (C=O) groups excluding carboxylic acids is 1. The molecule has 2 rings (SSSR count). The average Bonchev–Trinajstić information content (AvgIpc) is 2.95. The summed E-state index contributed by atoms with van der Waals surface area (Å²) in [5, 5.41) is 13.2. The lowest BCUT2D eigenvalue weighted by Crippen LogP contribution is -2.40. The first-order valence-corrected chi connectivity index (χ1v) is 8.62. The van der Waals surface area contributed by atoms with Crippen molar-refractivity contribution in [3.05, 3.63) is 16.1 Å². The van der Waals surface area contributed by atoms with Gasteiger partial charge in [-0.2, -0.15) is 0 Å². The first-order chi connectivity index (χ1) is 10.3. The highest BCUT2D eigenvalue weighted by molar-refractivity contribution is 7.09. The molecule has 0 aliphatic carbocycles. The van der Waals surface area contributed by atoms with E-state index < -0.39 is 12.1 Å². The summed E-state index contributed by atoms with van der Waals surface area (Å²) in [5.74, 6) is -0.515. The molecule has 1 aliphatic heterocycles. The first-order valence-electron chi connectivity index (χ1n) is 7.74. The molecule has 6 heteroatoms. The zero-order chi connectivity index (χ0) is 16.3. The SMILES string of the molecule is COC(=O)C(O)C1CCN(Cc2nc(C(C)(C)C)cs2)CC1. The highest BCUT2D eigenvalue weighted by Crippen LogP contribution is 2.26. The zero-order valence-electron chi connectivity index (χ0n) is 13.8. The summed E-state index contributed by atoms with van der Waals surface area (Å²) in [4.78, 5) is 18.4. The van der Waals surface area contributed by atoms with E-state index in [1.165, 1.54) is 7.11 Å². The first kappa shape index (κ1) is 17.4. The van der Waals surface area contributed by atoms with E-state index in [1.807, 2.05) is 0 Å². The molecular weight excluding hydrogens is 300 g/mol. The lowest BCUT2D eigenvalue weighted by Gasteiger charge is -2.32. The number of carbonyl (C=O) groups is 1. The molecule has 2 heterocycles. The number of nitrogens with zero attached hydrogens (tertiary/aromatic N) is 2. The lowest BCUT2D eigenvalue weighted by atomic mass is 9.91. The summed E-state index contributed by atoms with van der Waals surface area (Å²) < 4.78 is 4.61. The third-order valence-electron chi connectivity index (χ3n) is 4.20. The summed E-state index contributed by atoms with van der Waals surface area (Å²) in [6.45, 7) is 9.12. The molecule has 1 fully saturated rings. The molecule has 0 aromatic carbocycles. The van der Waals surface area contributed by atoms with Crippen LogP contribution in [0.15, 0.2) is 5.38 Å². The fourth-order valence-electron chi connectivity index (χ4n) is 2.66. The predicted molar refractivity (Wildman–Crippen MR) is 86.8 cm³/mol. The Balaban J connectivity index is 1.85. The summed E-state index contributed by atoms with van der Waals surface area (Å²) in [7, 11) is 1.32. The average molecular weight is 326 g/mol. The molecule has 1 aromatic heterocycles. The van der Waals surface area contributed by atoms with E-state index in [2.05, 4.69) is 35.8 Å². The molecule has 1 atom stereocenters. The second-order valence-electron chi connectivity index (χ2n) is 6.96. The van der Waals surface area contributed by atoms with Crippen LogP contribution in [0.2, 0.25) is 0 Å². The standard InChI is InChI=1S/C16H26N2O3S/c1-16(2,3)12-10-22-13(17-12)9-18-7-5-11(6-8-18)14(19)15(20)21-4/h10-11,14,19H,5-9H2,1-4H3. The second-order valence-corrected chi connectivity index (χ2v) is 7.90. The number of hydrogen-bond donors (Lipinski definition) is 1. The van der Waals surface area contributed by atoms with E-state index in [-0.39, 0.29) is 11.3 Å². The molecule has 0 saturated carbocycles. The van der Waals surface area contributed by atoms with Gasteiger partial charge in [-0.15, -0.1) is 11.3 Å². The Kier molecular flexibility index (Phi) is 5.58. The highest BCUT2D eigenvalue weighted by atomic mass is 32.1. The van der Waals surface area contributed by atoms with Crippen LogP contribution in [-0.4, -0.2) is 47.3 Å². The number of hydrogen-bond acceptors (Lipinski definition) is 6. The topological polar surface area (TPSA) is 62.7 Å². The van der Waals surface area contributed by atoms with Crippen molar-refractivity contribution in [2.45, 2.75) is 51.7 Å². The van der Waals surface area contributed by atoms with E-state index in [9.17, 15) is 9.90 Å². The molecule has 1 N–H and O–H groups in total. The number of methoxy groups -OCH3 is 1. The normalized spacial score (nSPS) is 19.1. The number of esters is 1. The smallest absolute Gasteiger partial charge is 0.334 e. The molecule has 0 radical (unpaired) electrons. The van der Waals surface area contributed by atoms with Gasteiger partial charge in [0.25, 0.3) is 0 Å². The highest BCUT2D eigenvalue weighted by Gasteiger charge is 2.30. The van der Waals surface area contributed by atoms with E-state index >= 15 is 0 Å². The van der Waals surface area contributed by atoms with Gasteiger partial charge in [-0.05, 0) is 31.8 Å². The van der Waals surface area contributed by atoms with Crippen LogP contribution in [0.4, 0.5) is 0 Å². The summed E-state index contributed by atoms with van der Waals surface area (Å²) >= 11 is 1.71. The van der Waals surface area contributed by atoms with Crippen molar-refractivity contribution in [3.63, 3.8) is 0 Å². The van der Waals surface area contributed by atoms with Crippen molar-refractivity contribution < 1.29 is 14.6 Å². The Hall–Kier alpha value is -0.980. The number of likely N-dealkylation sites (tertiary alicyclic amines) is 1. The van der Waals surface area contributed by atoms with Crippen molar-refractivity contribution in [1.29, 1.82) is 0 Å². The molecular formula is C16H26N2O3S. The molecule has 0 bridgehead atoms. The fraction of sp³-hybridized carbons (Fsp3) is 0.750. The van der Waals surface area contributed by atoms with Crippen LogP contribution < -0.4 is 0 Å². The Labute approximate surface area is 136 Å². The number of rotatable bonds is 4. The van der Waals surface area contributed by atoms with Gasteiger partial charge >= 0.3 is 5.97 Å². The number of piperidine rings is 1. The van der Waals surface area contributed by atoms with Gasteiger partial charge in [-0.1, -0.05) is 20.8 Å². The number of aliphatic hydroxyl groups is 1. The third-order valence-corrected chi connectivity index (χ3v) is 5.03. The molecule has 1 aliphatic rings. The molecule has 124 valence electrons. The maximum Gasteiger partial charge on any atom is 0.334 e. The second kappa shape index (κ2) is 7.06. The Morgan fingerprint density at radius 1 is 1.50 bits per heavy atom. The Bertz CT molecular complexity index is 502. The minimum atomic E-state index is -0.987. The molecule has 1 unspecified atom stereocenters. The third kappa shape index (κ3) is 4.27. The Morgan fingerprint density at radius 2 is 2.14 bits per heavy atom. The van der Waals surface area contributed by atoms with Crippen molar-refractivity contribution >= 4 is 17.3 Å². The van der Waals surface area contributed by atoms with Crippen LogP contribution in [0, 0.1) is 5.92 Å². The van der Waals surface area contributed by atoms with Gasteiger partial charge in [0.2, 0.25) is 0 Å². The molecule has 0 amide bonds. The van der Waals surface area contributed by atoms with E-state index in [0.717, 1.165) is 43.2 Å². The van der Waals surface area contributed by atoms with Crippen LogP contribution in [-0.2, 0) is 21.5 Å². The monoisotopic (exact) mass is 326 g/mol. The minimum absolute atomic E-state index is 0.00475. The minimum Gasteiger partial charge on any atom is -0.467 e. The predicted octanol–water partition coefficient (Wildman–Crippen LogP) is 2.19. The summed E-state index contributed by atoms with van der Waals surface area (Å²) in [5.41, 5.74) is 1.23. The molecule has 1 saturated heterocycles. The van der Waals surface area contributed by atoms with Gasteiger partial charge in [0.05, 0.1) is 19.3 Å². The van der Waals surface area contributed by atoms with Gasteiger partial charge in [-0.3, -0.25) is 4.90 Å². The van der Waals surface area contributed by atoms with Crippen molar-refractivity contribution in [2.24, 2.45) is 5.92 Å². The van der Waals surface area contributed by atoms with Gasteiger partial charge in [0.15, 0.2) is 6.10 Å². The number of aliphatic hydroxyl groups excluding tert-OH is 1. The number of aromatic nitrogens is 1. The van der Waals surface area contributed by atoms with Crippen LogP contribution >= 0.6 is 11.3 Å². The van der Waals surface area contributed by atoms with Gasteiger partial charge in [0.1, 0.15) is 5.01 Å². The van der Waals surface area contributed by atoms with Crippen molar-refractivity contribution in [1.82, 2.24) is 9.88 Å². The molecule has 5 nitrogen and oxygen atoms in total. The summed E-state index contributed by atoms with van der Waals surface area (Å²) in [6, 6.07) is 0. The lowest BCUT2D eigenvalue weighted by molar-refractivity contribution is -0.154. The van der Waals surface area contributed by atoms with Crippen molar-refractivity contribution in [2.75, 3.05) is 20.2 Å². The number of thiazole rings is 1. The quantitative estimate of drug-likeness (QED) is 0.859. The van der Waals surface area contributed by atoms with E-state index in [0.29, 0.717) is 0 Å². The Morgan fingerprint density at radius 3 is 2.64 bits per heavy atom. The van der Waals surface area contributed by atoms with Gasteiger partial charge < -0.3 is 9.84 Å². The van der Waals surface area contributed by atoms with Crippen molar-refractivity contribution in [3.8, 4) is 0 Å². The molecule has 22 heavy (non-hydrogen) atoms. The van der Waals surface area contributed by atoms with Crippen LogP contribution in [0.1, 0.15) is 44.3 Å². The maximum absolute atomic E-state index is 11.4. The molecule has 1 aromatic rings. The molecule has 0 spiro atoms. The van der Waals surface area contributed by atoms with Crippen LogP contribution in [0.25, 0.3) is 0 Å².